The molecule has 16 heavy (non-hydrogen) atoms. The van der Waals surface area contributed by atoms with Crippen LogP contribution in [0.15, 0.2) is 12.1 Å². The summed E-state index contributed by atoms with van der Waals surface area (Å²) in [5, 5.41) is 0. The Morgan fingerprint density at radius 2 is 2.12 bits per heavy atom. The van der Waals surface area contributed by atoms with Crippen molar-refractivity contribution >= 4 is 23.5 Å². The first-order valence-corrected chi connectivity index (χ1v) is 6.43. The summed E-state index contributed by atoms with van der Waals surface area (Å²) in [7, 11) is 0. The molecular formula is C11H15N3OS. The fourth-order valence-corrected chi connectivity index (χ4v) is 2.67. The number of pyridine rings is 1. The van der Waals surface area contributed by atoms with Crippen LogP contribution in [-0.4, -0.2) is 40.4 Å². The van der Waals surface area contributed by atoms with Gasteiger partial charge in [0, 0.05) is 35.9 Å². The quantitative estimate of drug-likeness (QED) is 0.796. The lowest BCUT2D eigenvalue weighted by Crippen LogP contribution is -2.38. The van der Waals surface area contributed by atoms with E-state index in [0.29, 0.717) is 11.4 Å². The summed E-state index contributed by atoms with van der Waals surface area (Å²) in [5.74, 6) is 2.52. The molecular weight excluding hydrogens is 222 g/mol. The lowest BCUT2D eigenvalue weighted by Gasteiger charge is -2.26. The zero-order valence-electron chi connectivity index (χ0n) is 9.27. The van der Waals surface area contributed by atoms with Crippen molar-refractivity contribution in [1.82, 2.24) is 9.88 Å². The number of nitrogen functional groups attached to an aromatic ring is 1. The molecule has 1 aromatic heterocycles. The van der Waals surface area contributed by atoms with Crippen molar-refractivity contribution in [2.75, 3.05) is 30.3 Å². The Kier molecular flexibility index (Phi) is 3.33. The van der Waals surface area contributed by atoms with Gasteiger partial charge >= 0.3 is 0 Å². The van der Waals surface area contributed by atoms with E-state index in [9.17, 15) is 4.79 Å². The molecule has 0 radical (unpaired) electrons. The number of nitrogens with zero attached hydrogens (tertiary/aromatic N) is 2. The molecule has 2 N–H and O–H groups in total. The molecule has 0 bridgehead atoms. The summed E-state index contributed by atoms with van der Waals surface area (Å²) in [5.41, 5.74) is 7.08. The van der Waals surface area contributed by atoms with E-state index < -0.39 is 0 Å². The van der Waals surface area contributed by atoms with E-state index in [2.05, 4.69) is 4.98 Å². The minimum Gasteiger partial charge on any atom is -0.384 e. The first-order valence-electron chi connectivity index (χ1n) is 5.28. The Balaban J connectivity index is 2.19. The third-order valence-electron chi connectivity index (χ3n) is 2.52. The SMILES string of the molecule is Cc1cc(C(=O)N2CCSCC2)cc(N)n1. The number of carbonyl (C=O) groups excluding carboxylic acids is 1. The van der Waals surface area contributed by atoms with Gasteiger partial charge in [-0.3, -0.25) is 4.79 Å². The number of aromatic nitrogens is 1. The van der Waals surface area contributed by atoms with Gasteiger partial charge in [0.1, 0.15) is 5.82 Å². The molecule has 0 aliphatic carbocycles. The Bertz CT molecular complexity index is 382. The van der Waals surface area contributed by atoms with Crippen molar-refractivity contribution in [3.05, 3.63) is 23.4 Å². The molecule has 1 aliphatic heterocycles. The molecule has 4 nitrogen and oxygen atoms in total. The molecule has 1 aliphatic rings. The average molecular weight is 237 g/mol. The molecule has 0 unspecified atom stereocenters. The lowest BCUT2D eigenvalue weighted by molar-refractivity contribution is 0.0772. The molecule has 2 rings (SSSR count). The number of hydrogen-bond acceptors (Lipinski definition) is 4. The number of amides is 1. The number of carbonyl (C=O) groups is 1. The molecule has 86 valence electrons. The molecule has 0 atom stereocenters. The highest BCUT2D eigenvalue weighted by atomic mass is 32.2. The van der Waals surface area contributed by atoms with Gasteiger partial charge in [-0.2, -0.15) is 11.8 Å². The second kappa shape index (κ2) is 4.74. The van der Waals surface area contributed by atoms with E-state index in [4.69, 9.17) is 5.73 Å². The topological polar surface area (TPSA) is 59.2 Å². The standard InChI is InChI=1S/C11H15N3OS/c1-8-6-9(7-10(12)13-8)11(15)14-2-4-16-5-3-14/h6-7H,2-5H2,1H3,(H2,12,13). The first kappa shape index (κ1) is 11.3. The number of hydrogen-bond donors (Lipinski definition) is 1. The van der Waals surface area contributed by atoms with E-state index >= 15 is 0 Å². The van der Waals surface area contributed by atoms with Gasteiger partial charge in [0.25, 0.3) is 5.91 Å². The molecule has 0 saturated carbocycles. The minimum atomic E-state index is 0.0671. The first-order chi connectivity index (χ1) is 7.66. The predicted octanol–water partition coefficient (Wildman–Crippen LogP) is 1.16. The van der Waals surface area contributed by atoms with Crippen LogP contribution in [-0.2, 0) is 0 Å². The molecule has 1 saturated heterocycles. The molecule has 0 aromatic carbocycles. The lowest BCUT2D eigenvalue weighted by atomic mass is 10.2. The second-order valence-electron chi connectivity index (χ2n) is 3.83. The highest BCUT2D eigenvalue weighted by Crippen LogP contribution is 2.14. The number of rotatable bonds is 1. The van der Waals surface area contributed by atoms with Gasteiger partial charge in [-0.15, -0.1) is 0 Å². The molecule has 1 amide bonds. The van der Waals surface area contributed by atoms with E-state index in [0.717, 1.165) is 30.3 Å². The van der Waals surface area contributed by atoms with Crippen molar-refractivity contribution < 1.29 is 4.79 Å². The zero-order valence-corrected chi connectivity index (χ0v) is 10.1. The Hall–Kier alpha value is -1.23. The Morgan fingerprint density at radius 3 is 2.75 bits per heavy atom. The minimum absolute atomic E-state index is 0.0671. The molecule has 1 aromatic rings. The summed E-state index contributed by atoms with van der Waals surface area (Å²) in [6.07, 6.45) is 0. The van der Waals surface area contributed by atoms with Crippen LogP contribution in [0.1, 0.15) is 16.1 Å². The van der Waals surface area contributed by atoms with Crippen LogP contribution in [0, 0.1) is 6.92 Å². The number of thioether (sulfide) groups is 1. The highest BCUT2D eigenvalue weighted by Gasteiger charge is 2.18. The summed E-state index contributed by atoms with van der Waals surface area (Å²) in [6, 6.07) is 3.44. The van der Waals surface area contributed by atoms with Crippen LogP contribution in [0.5, 0.6) is 0 Å². The van der Waals surface area contributed by atoms with Crippen LogP contribution in [0.2, 0.25) is 0 Å². The van der Waals surface area contributed by atoms with Gasteiger partial charge in [0.05, 0.1) is 0 Å². The summed E-state index contributed by atoms with van der Waals surface area (Å²) >= 11 is 1.89. The smallest absolute Gasteiger partial charge is 0.254 e. The van der Waals surface area contributed by atoms with E-state index in [1.165, 1.54) is 0 Å². The zero-order chi connectivity index (χ0) is 11.5. The van der Waals surface area contributed by atoms with Gasteiger partial charge in [-0.05, 0) is 19.1 Å². The molecule has 0 spiro atoms. The molecule has 2 heterocycles. The highest BCUT2D eigenvalue weighted by molar-refractivity contribution is 7.99. The van der Waals surface area contributed by atoms with E-state index in [1.807, 2.05) is 23.6 Å². The van der Waals surface area contributed by atoms with Crippen LogP contribution < -0.4 is 5.73 Å². The van der Waals surface area contributed by atoms with Gasteiger partial charge in [-0.25, -0.2) is 4.98 Å². The van der Waals surface area contributed by atoms with Crippen molar-refractivity contribution in [3.8, 4) is 0 Å². The number of nitrogens with two attached hydrogens (primary N) is 1. The van der Waals surface area contributed by atoms with Crippen molar-refractivity contribution in [1.29, 1.82) is 0 Å². The third-order valence-corrected chi connectivity index (χ3v) is 3.46. The van der Waals surface area contributed by atoms with Gasteiger partial charge in [0.2, 0.25) is 0 Å². The van der Waals surface area contributed by atoms with Crippen molar-refractivity contribution in [3.63, 3.8) is 0 Å². The van der Waals surface area contributed by atoms with Gasteiger partial charge in [-0.1, -0.05) is 0 Å². The van der Waals surface area contributed by atoms with Crippen LogP contribution in [0.25, 0.3) is 0 Å². The van der Waals surface area contributed by atoms with Crippen LogP contribution in [0.4, 0.5) is 5.82 Å². The Labute approximate surface area is 99.2 Å². The molecule has 5 heteroatoms. The maximum Gasteiger partial charge on any atom is 0.254 e. The Morgan fingerprint density at radius 1 is 1.44 bits per heavy atom. The fraction of sp³-hybridized carbons (Fsp3) is 0.455. The number of anilines is 1. The maximum atomic E-state index is 12.1. The summed E-state index contributed by atoms with van der Waals surface area (Å²) in [6.45, 7) is 3.49. The third kappa shape index (κ3) is 2.47. The maximum absolute atomic E-state index is 12.1. The summed E-state index contributed by atoms with van der Waals surface area (Å²) < 4.78 is 0. The number of aryl methyl sites for hydroxylation is 1. The molecule has 1 fully saturated rings. The van der Waals surface area contributed by atoms with Crippen LogP contribution >= 0.6 is 11.8 Å². The predicted molar refractivity (Wildman–Crippen MR) is 66.6 cm³/mol. The van der Waals surface area contributed by atoms with Crippen LogP contribution in [0.3, 0.4) is 0 Å². The average Bonchev–Trinajstić information content (AvgIpc) is 2.28. The monoisotopic (exact) mass is 237 g/mol. The fourth-order valence-electron chi connectivity index (χ4n) is 1.77. The van der Waals surface area contributed by atoms with Crippen molar-refractivity contribution in [2.24, 2.45) is 0 Å². The summed E-state index contributed by atoms with van der Waals surface area (Å²) in [4.78, 5) is 18.1. The normalized spacial score (nSPS) is 16.2. The van der Waals surface area contributed by atoms with Gasteiger partial charge in [0.15, 0.2) is 0 Å². The largest absolute Gasteiger partial charge is 0.384 e. The van der Waals surface area contributed by atoms with Crippen molar-refractivity contribution in [2.45, 2.75) is 6.92 Å². The van der Waals surface area contributed by atoms with E-state index in [1.54, 1.807) is 12.1 Å². The van der Waals surface area contributed by atoms with E-state index in [-0.39, 0.29) is 5.91 Å². The van der Waals surface area contributed by atoms with Gasteiger partial charge < -0.3 is 10.6 Å². The second-order valence-corrected chi connectivity index (χ2v) is 5.05.